The Balaban J connectivity index is 1.20. The zero-order valence-electron chi connectivity index (χ0n) is 30.7. The average Bonchev–Trinajstić information content (AvgIpc) is 3.16. The van der Waals surface area contributed by atoms with Gasteiger partial charge in [-0.3, -0.25) is 0 Å². The second-order valence-electron chi connectivity index (χ2n) is 15.3. The van der Waals surface area contributed by atoms with E-state index in [1.807, 2.05) is 0 Å². The summed E-state index contributed by atoms with van der Waals surface area (Å²) in [4.78, 5) is 12.9. The molecule has 7 heteroatoms. The lowest BCUT2D eigenvalue weighted by Crippen LogP contribution is -2.48. The normalized spacial score (nSPS) is 21.3. The number of benzene rings is 3. The molecule has 268 valence electrons. The molecule has 52 heavy (non-hydrogen) atoms. The maximum atomic E-state index is 13.3. The topological polar surface area (TPSA) is 54.9 Å². The van der Waals surface area contributed by atoms with E-state index < -0.39 is 5.60 Å². The summed E-state index contributed by atoms with van der Waals surface area (Å²) >= 11 is 3.93. The van der Waals surface area contributed by atoms with Gasteiger partial charge in [-0.05, 0) is 102 Å². The van der Waals surface area contributed by atoms with Crippen molar-refractivity contribution >= 4 is 38.6 Å². The van der Waals surface area contributed by atoms with Crippen LogP contribution in [0.25, 0.3) is 16.8 Å². The van der Waals surface area contributed by atoms with Crippen LogP contribution in [0.3, 0.4) is 0 Å². The Labute approximate surface area is 317 Å². The van der Waals surface area contributed by atoms with Crippen molar-refractivity contribution in [3.63, 3.8) is 0 Å². The van der Waals surface area contributed by atoms with Crippen molar-refractivity contribution in [2.24, 2.45) is 0 Å². The van der Waals surface area contributed by atoms with Crippen LogP contribution in [-0.4, -0.2) is 72.8 Å². The van der Waals surface area contributed by atoms with Gasteiger partial charge in [0.1, 0.15) is 11.4 Å². The Bertz CT molecular complexity index is 2070. The highest BCUT2D eigenvalue weighted by Crippen LogP contribution is 2.50. The van der Waals surface area contributed by atoms with Crippen LogP contribution in [0.15, 0.2) is 119 Å². The van der Waals surface area contributed by atoms with Gasteiger partial charge in [0.25, 0.3) is 0 Å². The van der Waals surface area contributed by atoms with Crippen LogP contribution in [0.2, 0.25) is 0 Å². The third-order valence-electron chi connectivity index (χ3n) is 11.4. The average molecular weight is 757 g/mol. The lowest BCUT2D eigenvalue weighted by atomic mass is 9.71. The number of dihydropyridines is 1. The van der Waals surface area contributed by atoms with Gasteiger partial charge in [-0.2, -0.15) is 0 Å². The SMILES string of the molecule is C[C@H]1C=C(N2CCN(c3nc4c(cc3Cc3ccccc3)C=C(Br)CC4C(O)(CCN(C)C)c3cccc4ccccc34)CC2)C2=C(CCC=C2)N1. The molecule has 0 radical (unpaired) electrons. The summed E-state index contributed by atoms with van der Waals surface area (Å²) in [6, 6.07) is 28.3. The highest BCUT2D eigenvalue weighted by molar-refractivity contribution is 9.11. The van der Waals surface area contributed by atoms with Gasteiger partial charge in [0.15, 0.2) is 0 Å². The molecule has 3 aromatic carbocycles. The lowest BCUT2D eigenvalue weighted by molar-refractivity contribution is -0.00686. The molecule has 1 fully saturated rings. The monoisotopic (exact) mass is 755 g/mol. The first-order chi connectivity index (χ1) is 25.3. The van der Waals surface area contributed by atoms with E-state index in [-0.39, 0.29) is 5.92 Å². The minimum Gasteiger partial charge on any atom is -0.384 e. The van der Waals surface area contributed by atoms with Crippen LogP contribution in [0.1, 0.15) is 66.5 Å². The van der Waals surface area contributed by atoms with Gasteiger partial charge in [0.05, 0.1) is 5.69 Å². The molecule has 0 spiro atoms. The first-order valence-electron chi connectivity index (χ1n) is 18.9. The summed E-state index contributed by atoms with van der Waals surface area (Å²) in [6.07, 6.45) is 13.5. The number of halogens is 1. The second-order valence-corrected chi connectivity index (χ2v) is 16.3. The molecule has 3 heterocycles. The van der Waals surface area contributed by atoms with Crippen molar-refractivity contribution < 1.29 is 5.11 Å². The van der Waals surface area contributed by atoms with Crippen LogP contribution in [0, 0.1) is 0 Å². The number of rotatable bonds is 9. The second kappa shape index (κ2) is 14.7. The Kier molecular flexibility index (Phi) is 9.86. The number of fused-ring (bicyclic) bond motifs is 2. The number of allylic oxidation sites excluding steroid dienone is 4. The zero-order chi connectivity index (χ0) is 35.8. The van der Waals surface area contributed by atoms with E-state index in [0.29, 0.717) is 18.9 Å². The molecule has 2 aliphatic carbocycles. The molecule has 2 unspecified atom stereocenters. The predicted molar refractivity (Wildman–Crippen MR) is 219 cm³/mol. The van der Waals surface area contributed by atoms with Gasteiger partial charge >= 0.3 is 0 Å². The Morgan fingerprint density at radius 3 is 2.52 bits per heavy atom. The molecule has 2 N–H and O–H groups in total. The summed E-state index contributed by atoms with van der Waals surface area (Å²) in [7, 11) is 4.17. The van der Waals surface area contributed by atoms with Gasteiger partial charge in [-0.15, -0.1) is 0 Å². The Morgan fingerprint density at radius 2 is 1.71 bits per heavy atom. The number of hydrogen-bond donors (Lipinski definition) is 2. The number of aliphatic hydroxyl groups is 1. The van der Waals surface area contributed by atoms with Crippen molar-refractivity contribution in [1.82, 2.24) is 20.1 Å². The van der Waals surface area contributed by atoms with Crippen molar-refractivity contribution in [2.45, 2.75) is 56.6 Å². The number of aromatic nitrogens is 1. The van der Waals surface area contributed by atoms with E-state index in [9.17, 15) is 5.11 Å². The molecule has 8 rings (SSSR count). The van der Waals surface area contributed by atoms with Crippen LogP contribution in [-0.2, 0) is 12.0 Å². The smallest absolute Gasteiger partial charge is 0.132 e. The molecule has 6 nitrogen and oxygen atoms in total. The number of hydrogen-bond acceptors (Lipinski definition) is 6. The molecule has 0 amide bonds. The van der Waals surface area contributed by atoms with Crippen molar-refractivity contribution in [1.29, 1.82) is 0 Å². The molecule has 1 saturated heterocycles. The number of nitrogens with zero attached hydrogens (tertiary/aromatic N) is 4. The minimum absolute atomic E-state index is 0.233. The van der Waals surface area contributed by atoms with E-state index in [2.05, 4.69) is 160 Å². The Hall–Kier alpha value is -4.17. The third kappa shape index (κ3) is 6.87. The molecule has 3 atom stereocenters. The summed E-state index contributed by atoms with van der Waals surface area (Å²) in [5.41, 5.74) is 8.54. The van der Waals surface area contributed by atoms with Gasteiger partial charge in [-0.25, -0.2) is 4.98 Å². The van der Waals surface area contributed by atoms with E-state index >= 15 is 0 Å². The summed E-state index contributed by atoms with van der Waals surface area (Å²) in [6.45, 7) is 6.65. The predicted octanol–water partition coefficient (Wildman–Crippen LogP) is 8.49. The van der Waals surface area contributed by atoms with E-state index in [0.717, 1.165) is 89.9 Å². The van der Waals surface area contributed by atoms with E-state index in [4.69, 9.17) is 4.98 Å². The summed E-state index contributed by atoms with van der Waals surface area (Å²) in [5, 5.41) is 19.2. The number of anilines is 1. The van der Waals surface area contributed by atoms with E-state index in [1.54, 1.807) is 0 Å². The van der Waals surface area contributed by atoms with Crippen LogP contribution >= 0.6 is 15.9 Å². The van der Waals surface area contributed by atoms with Crippen molar-refractivity contribution in [3.05, 3.63) is 146 Å². The lowest BCUT2D eigenvalue weighted by Gasteiger charge is -2.43. The highest BCUT2D eigenvalue weighted by atomic mass is 79.9. The number of nitrogens with one attached hydrogen (secondary N) is 1. The largest absolute Gasteiger partial charge is 0.384 e. The van der Waals surface area contributed by atoms with Crippen molar-refractivity contribution in [3.8, 4) is 0 Å². The molecule has 4 aliphatic rings. The molecule has 0 saturated carbocycles. The molecule has 1 aromatic heterocycles. The number of piperazine rings is 1. The highest BCUT2D eigenvalue weighted by Gasteiger charge is 2.44. The van der Waals surface area contributed by atoms with Crippen molar-refractivity contribution in [2.75, 3.05) is 51.7 Å². The maximum Gasteiger partial charge on any atom is 0.132 e. The fourth-order valence-corrected chi connectivity index (χ4v) is 9.30. The first-order valence-corrected chi connectivity index (χ1v) is 19.7. The quantitative estimate of drug-likeness (QED) is 0.179. The van der Waals surface area contributed by atoms with Crippen LogP contribution in [0.4, 0.5) is 5.82 Å². The molecule has 0 bridgehead atoms. The maximum absolute atomic E-state index is 13.3. The number of pyridine rings is 1. The van der Waals surface area contributed by atoms with Gasteiger partial charge < -0.3 is 25.1 Å². The third-order valence-corrected chi connectivity index (χ3v) is 11.9. The Morgan fingerprint density at radius 1 is 0.962 bits per heavy atom. The van der Waals surface area contributed by atoms with Gasteiger partial charge in [-0.1, -0.05) is 101 Å². The van der Waals surface area contributed by atoms with E-state index in [1.165, 1.54) is 28.1 Å². The zero-order valence-corrected chi connectivity index (χ0v) is 32.2. The summed E-state index contributed by atoms with van der Waals surface area (Å²) in [5.74, 6) is 0.819. The van der Waals surface area contributed by atoms with Crippen LogP contribution < -0.4 is 10.2 Å². The van der Waals surface area contributed by atoms with Gasteiger partial charge in [0.2, 0.25) is 0 Å². The molecular weight excluding hydrogens is 706 g/mol. The fourth-order valence-electron chi connectivity index (χ4n) is 8.73. The molecular formula is C45H50BrN5O. The van der Waals surface area contributed by atoms with Crippen LogP contribution in [0.5, 0.6) is 0 Å². The molecule has 2 aliphatic heterocycles. The minimum atomic E-state index is -1.14. The van der Waals surface area contributed by atoms with Gasteiger partial charge in [0, 0.05) is 68.1 Å². The fraction of sp³-hybridized carbons (Fsp3) is 0.356. The summed E-state index contributed by atoms with van der Waals surface area (Å²) < 4.78 is 1.09. The molecule has 4 aromatic rings. The standard InChI is InChI=1S/C45H50BrN5O/c1-31-26-42(38-17-9-10-19-41(38)47-31)50-22-24-51(25-23-50)44-35(27-32-12-5-4-6-13-32)28-34-29-36(46)30-40(43(34)48-44)45(52,20-21-49(2)3)39-18-11-15-33-14-7-8-16-37(33)39/h4-9,11-18,26,28-29,31,40,47,52H,10,19-25,27,30H2,1-3H3/t31-,40?,45?/m0/s1. The first kappa shape index (κ1) is 34.9.